The summed E-state index contributed by atoms with van der Waals surface area (Å²) < 4.78 is 4.14. The van der Waals surface area contributed by atoms with Gasteiger partial charge in [0.1, 0.15) is 0 Å². The summed E-state index contributed by atoms with van der Waals surface area (Å²) in [6.45, 7) is 3.16. The van der Waals surface area contributed by atoms with Crippen molar-refractivity contribution in [1.29, 1.82) is 0 Å². The SMILES string of the molecule is C.C=CC(=O)OC.N. The molecule has 0 amide bonds. The minimum absolute atomic E-state index is 0. The molecule has 0 spiro atoms. The van der Waals surface area contributed by atoms with Crippen LogP contribution in [-0.2, 0) is 9.53 Å². The van der Waals surface area contributed by atoms with Crippen LogP contribution in [0.1, 0.15) is 7.43 Å². The highest BCUT2D eigenvalue weighted by Crippen LogP contribution is 1.67. The van der Waals surface area contributed by atoms with Crippen LogP contribution in [0.15, 0.2) is 12.7 Å². The van der Waals surface area contributed by atoms with Crippen LogP contribution in [0.3, 0.4) is 0 Å². The van der Waals surface area contributed by atoms with E-state index >= 15 is 0 Å². The number of rotatable bonds is 1. The molecule has 0 radical (unpaired) electrons. The zero-order chi connectivity index (χ0) is 4.99. The summed E-state index contributed by atoms with van der Waals surface area (Å²) in [5.74, 6) is -0.394. The first-order valence-electron chi connectivity index (χ1n) is 1.51. The monoisotopic (exact) mass is 119 g/mol. The van der Waals surface area contributed by atoms with Crippen LogP contribution in [0.5, 0.6) is 0 Å². The topological polar surface area (TPSA) is 61.3 Å². The number of hydrogen-bond donors (Lipinski definition) is 1. The second-order valence-electron chi connectivity index (χ2n) is 0.727. The van der Waals surface area contributed by atoms with Crippen LogP contribution in [-0.4, -0.2) is 13.1 Å². The Morgan fingerprint density at radius 3 is 2.12 bits per heavy atom. The lowest BCUT2D eigenvalue weighted by molar-refractivity contribution is -0.134. The van der Waals surface area contributed by atoms with Gasteiger partial charge in [0.05, 0.1) is 7.11 Å². The maximum absolute atomic E-state index is 9.84. The molecule has 0 aliphatic carbocycles. The molecule has 50 valence electrons. The Hall–Kier alpha value is -0.830. The zero-order valence-corrected chi connectivity index (χ0v) is 4.31. The molecule has 0 aromatic carbocycles. The quantitative estimate of drug-likeness (QED) is 0.416. The van der Waals surface area contributed by atoms with E-state index in [9.17, 15) is 4.79 Å². The number of hydrogen-bond acceptors (Lipinski definition) is 3. The van der Waals surface area contributed by atoms with Crippen molar-refractivity contribution in [1.82, 2.24) is 6.15 Å². The summed E-state index contributed by atoms with van der Waals surface area (Å²) in [4.78, 5) is 9.84. The Kier molecular flexibility index (Phi) is 18.6. The molecule has 0 bridgehead atoms. The largest absolute Gasteiger partial charge is 0.466 e. The highest BCUT2D eigenvalue weighted by atomic mass is 16.5. The van der Waals surface area contributed by atoms with Gasteiger partial charge in [0.2, 0.25) is 0 Å². The predicted octanol–water partition coefficient (Wildman–Crippen LogP) is 1.14. The fraction of sp³-hybridized carbons (Fsp3) is 0.400. The maximum atomic E-state index is 9.84. The van der Waals surface area contributed by atoms with Gasteiger partial charge in [-0.15, -0.1) is 0 Å². The van der Waals surface area contributed by atoms with Gasteiger partial charge in [0.25, 0.3) is 0 Å². The van der Waals surface area contributed by atoms with Crippen molar-refractivity contribution in [2.75, 3.05) is 7.11 Å². The van der Waals surface area contributed by atoms with Gasteiger partial charge < -0.3 is 10.9 Å². The van der Waals surface area contributed by atoms with Gasteiger partial charge in [0.15, 0.2) is 0 Å². The first kappa shape index (κ1) is 15.7. The third-order valence-electron chi connectivity index (χ3n) is 0.368. The van der Waals surface area contributed by atoms with Crippen molar-refractivity contribution >= 4 is 5.97 Å². The summed E-state index contributed by atoms with van der Waals surface area (Å²) in [7, 11) is 1.31. The van der Waals surface area contributed by atoms with Crippen molar-refractivity contribution in [3.05, 3.63) is 12.7 Å². The van der Waals surface area contributed by atoms with Crippen molar-refractivity contribution in [2.24, 2.45) is 0 Å². The lowest BCUT2D eigenvalue weighted by Crippen LogP contribution is -1.91. The molecule has 0 atom stereocenters. The normalized spacial score (nSPS) is 5.12. The molecule has 0 aliphatic rings. The van der Waals surface area contributed by atoms with Gasteiger partial charge in [-0.3, -0.25) is 0 Å². The molecule has 0 saturated heterocycles. The van der Waals surface area contributed by atoms with Gasteiger partial charge >= 0.3 is 5.97 Å². The van der Waals surface area contributed by atoms with Crippen LogP contribution < -0.4 is 6.15 Å². The summed E-state index contributed by atoms with van der Waals surface area (Å²) >= 11 is 0. The molecule has 0 unspecified atom stereocenters. The van der Waals surface area contributed by atoms with E-state index in [1.165, 1.54) is 7.11 Å². The highest BCUT2D eigenvalue weighted by molar-refractivity contribution is 5.80. The molecule has 0 aromatic rings. The Balaban J connectivity index is -0.000000125. The molecular weight excluding hydrogens is 106 g/mol. The Bertz CT molecular complexity index is 70.8. The zero-order valence-electron chi connectivity index (χ0n) is 4.31. The van der Waals surface area contributed by atoms with Gasteiger partial charge in [0, 0.05) is 6.08 Å². The number of esters is 1. The van der Waals surface area contributed by atoms with Gasteiger partial charge in [-0.2, -0.15) is 0 Å². The average molecular weight is 119 g/mol. The number of carbonyl (C=O) groups is 1. The lowest BCUT2D eigenvalue weighted by Gasteiger charge is -1.83. The molecule has 0 fully saturated rings. The Morgan fingerprint density at radius 2 is 2.12 bits per heavy atom. The number of ether oxygens (including phenoxy) is 1. The molecule has 3 heteroatoms. The minimum Gasteiger partial charge on any atom is -0.466 e. The van der Waals surface area contributed by atoms with Gasteiger partial charge in [-0.1, -0.05) is 14.0 Å². The van der Waals surface area contributed by atoms with E-state index < -0.39 is 5.97 Å². The van der Waals surface area contributed by atoms with Crippen molar-refractivity contribution in [2.45, 2.75) is 7.43 Å². The van der Waals surface area contributed by atoms with E-state index in [0.717, 1.165) is 6.08 Å². The molecule has 0 heterocycles. The van der Waals surface area contributed by atoms with Gasteiger partial charge in [-0.05, 0) is 0 Å². The molecule has 8 heavy (non-hydrogen) atoms. The molecule has 3 nitrogen and oxygen atoms in total. The van der Waals surface area contributed by atoms with Crippen LogP contribution in [0, 0.1) is 0 Å². The smallest absolute Gasteiger partial charge is 0.329 e. The average Bonchev–Trinajstić information content (AvgIpc) is 1.65. The lowest BCUT2D eigenvalue weighted by atomic mass is 10.7. The summed E-state index contributed by atoms with van der Waals surface area (Å²) in [5, 5.41) is 0. The Morgan fingerprint density at radius 1 is 1.75 bits per heavy atom. The molecule has 0 aliphatic heterocycles. The van der Waals surface area contributed by atoms with E-state index in [-0.39, 0.29) is 13.6 Å². The summed E-state index contributed by atoms with van der Waals surface area (Å²) in [6.07, 6.45) is 1.11. The van der Waals surface area contributed by atoms with E-state index in [1.807, 2.05) is 0 Å². The molecule has 0 saturated carbocycles. The highest BCUT2D eigenvalue weighted by Gasteiger charge is 1.81. The molecule has 3 N–H and O–H groups in total. The number of carbonyl (C=O) groups excluding carboxylic acids is 1. The van der Waals surface area contributed by atoms with E-state index in [4.69, 9.17) is 0 Å². The minimum atomic E-state index is -0.394. The van der Waals surface area contributed by atoms with Crippen LogP contribution >= 0.6 is 0 Å². The van der Waals surface area contributed by atoms with Gasteiger partial charge in [-0.25, -0.2) is 4.79 Å². The summed E-state index contributed by atoms with van der Waals surface area (Å²) in [5.41, 5.74) is 0. The maximum Gasteiger partial charge on any atom is 0.329 e. The molecule has 0 rings (SSSR count). The standard InChI is InChI=1S/C4H6O2.CH4.H3N/c1-3-4(5)6-2;;/h3H,1H2,2H3;1H4;1H3. The third kappa shape index (κ3) is 8.95. The summed E-state index contributed by atoms with van der Waals surface area (Å²) in [6, 6.07) is 0. The van der Waals surface area contributed by atoms with Crippen LogP contribution in [0.25, 0.3) is 0 Å². The fourth-order valence-corrected chi connectivity index (χ4v) is 0.0833. The first-order chi connectivity index (χ1) is 2.81. The molecule has 0 aromatic heterocycles. The van der Waals surface area contributed by atoms with Crippen molar-refractivity contribution in [3.63, 3.8) is 0 Å². The third-order valence-corrected chi connectivity index (χ3v) is 0.368. The first-order valence-corrected chi connectivity index (χ1v) is 1.51. The Labute approximate surface area is 49.9 Å². The van der Waals surface area contributed by atoms with E-state index in [1.54, 1.807) is 0 Å². The van der Waals surface area contributed by atoms with Crippen LogP contribution in [0.2, 0.25) is 0 Å². The van der Waals surface area contributed by atoms with E-state index in [2.05, 4.69) is 11.3 Å². The van der Waals surface area contributed by atoms with Crippen LogP contribution in [0.4, 0.5) is 0 Å². The number of methoxy groups -OCH3 is 1. The molecular formula is C5H13NO2. The van der Waals surface area contributed by atoms with Crippen molar-refractivity contribution < 1.29 is 9.53 Å². The second kappa shape index (κ2) is 9.48. The van der Waals surface area contributed by atoms with Crippen molar-refractivity contribution in [3.8, 4) is 0 Å². The predicted molar refractivity (Wildman–Crippen MR) is 34.0 cm³/mol. The van der Waals surface area contributed by atoms with E-state index in [0.29, 0.717) is 0 Å². The second-order valence-corrected chi connectivity index (χ2v) is 0.727. The fourth-order valence-electron chi connectivity index (χ4n) is 0.0833.